The third-order valence-corrected chi connectivity index (χ3v) is 7.03. The van der Waals surface area contributed by atoms with E-state index in [1.165, 1.54) is 23.5 Å². The van der Waals surface area contributed by atoms with Crippen LogP contribution in [0.4, 0.5) is 11.4 Å². The maximum atomic E-state index is 13.0. The molecule has 10 heteroatoms. The molecule has 0 unspecified atom stereocenters. The van der Waals surface area contributed by atoms with Crippen LogP contribution in [0.25, 0.3) is 10.1 Å². The quantitative estimate of drug-likeness (QED) is 0.444. The van der Waals surface area contributed by atoms with Gasteiger partial charge in [0.05, 0.1) is 16.5 Å². The maximum Gasteiger partial charge on any atom is 0.270 e. The minimum Gasteiger partial charge on any atom is -0.335 e. The Morgan fingerprint density at radius 1 is 1.12 bits per heavy atom. The number of rotatable bonds is 5. The summed E-state index contributed by atoms with van der Waals surface area (Å²) in [6.07, 6.45) is 0. The van der Waals surface area contributed by atoms with E-state index in [9.17, 15) is 19.7 Å². The van der Waals surface area contributed by atoms with Crippen LogP contribution < -0.4 is 5.32 Å². The van der Waals surface area contributed by atoms with Crippen molar-refractivity contribution in [2.75, 3.05) is 38.0 Å². The number of hydrogen-bond donors (Lipinski definition) is 1. The second kappa shape index (κ2) is 9.23. The summed E-state index contributed by atoms with van der Waals surface area (Å²) >= 11 is 7.58. The van der Waals surface area contributed by atoms with Crippen LogP contribution in [0.15, 0.2) is 42.5 Å². The minimum absolute atomic E-state index is 0.0352. The van der Waals surface area contributed by atoms with Gasteiger partial charge in [0.1, 0.15) is 4.88 Å². The lowest BCUT2D eigenvalue weighted by Crippen LogP contribution is -2.50. The van der Waals surface area contributed by atoms with Crippen molar-refractivity contribution in [2.24, 2.45) is 0 Å². The van der Waals surface area contributed by atoms with Crippen LogP contribution in [0.5, 0.6) is 0 Å². The first-order chi connectivity index (χ1) is 15.3. The molecule has 166 valence electrons. The fourth-order valence-corrected chi connectivity index (χ4v) is 5.11. The largest absolute Gasteiger partial charge is 0.335 e. The van der Waals surface area contributed by atoms with E-state index < -0.39 is 4.92 Å². The number of amides is 2. The zero-order valence-electron chi connectivity index (χ0n) is 17.3. The Labute approximate surface area is 193 Å². The maximum absolute atomic E-state index is 13.0. The van der Waals surface area contributed by atoms with E-state index in [1.807, 2.05) is 36.1 Å². The van der Waals surface area contributed by atoms with Gasteiger partial charge in [-0.1, -0.05) is 29.3 Å². The summed E-state index contributed by atoms with van der Waals surface area (Å²) in [5.41, 5.74) is 1.85. The van der Waals surface area contributed by atoms with E-state index in [0.717, 1.165) is 11.3 Å². The summed E-state index contributed by atoms with van der Waals surface area (Å²) < 4.78 is 0.610. The lowest BCUT2D eigenvalue weighted by atomic mass is 10.2. The molecule has 3 aromatic rings. The standard InChI is InChI=1S/C22H21ClN4O4S/c1-14-2-4-15(5-3-14)24-19(28)13-25-8-10-26(11-9-25)22(29)21-20(23)17-7-6-16(27(30)31)12-18(17)32-21/h2-7,12H,8-11,13H2,1H3,(H,24,28). The van der Waals surface area contributed by atoms with Crippen LogP contribution in [-0.2, 0) is 4.79 Å². The number of carbonyl (C=O) groups excluding carboxylic acids is 2. The van der Waals surface area contributed by atoms with E-state index >= 15 is 0 Å². The molecule has 1 aliphatic heterocycles. The molecule has 0 spiro atoms. The molecule has 8 nitrogen and oxygen atoms in total. The van der Waals surface area contributed by atoms with Crippen molar-refractivity contribution < 1.29 is 14.5 Å². The summed E-state index contributed by atoms with van der Waals surface area (Å²) in [6, 6.07) is 12.0. The molecule has 0 radical (unpaired) electrons. The van der Waals surface area contributed by atoms with Gasteiger partial charge in [0.2, 0.25) is 5.91 Å². The van der Waals surface area contributed by atoms with Gasteiger partial charge in [-0.2, -0.15) is 0 Å². The number of halogens is 1. The second-order valence-corrected chi connectivity index (χ2v) is 9.10. The lowest BCUT2D eigenvalue weighted by molar-refractivity contribution is -0.384. The SMILES string of the molecule is Cc1ccc(NC(=O)CN2CCN(C(=O)c3sc4cc([N+](=O)[O-])ccc4c3Cl)CC2)cc1. The van der Waals surface area contributed by atoms with Crippen molar-refractivity contribution in [3.8, 4) is 0 Å². The Bertz CT molecular complexity index is 1190. The van der Waals surface area contributed by atoms with Crippen LogP contribution in [0.2, 0.25) is 5.02 Å². The van der Waals surface area contributed by atoms with Crippen molar-refractivity contribution in [3.05, 3.63) is 68.0 Å². The predicted octanol–water partition coefficient (Wildman–Crippen LogP) is 4.17. The molecule has 32 heavy (non-hydrogen) atoms. The van der Waals surface area contributed by atoms with Crippen molar-refractivity contribution in [1.29, 1.82) is 0 Å². The third kappa shape index (κ3) is 4.74. The fraction of sp³-hybridized carbons (Fsp3) is 0.273. The lowest BCUT2D eigenvalue weighted by Gasteiger charge is -2.34. The fourth-order valence-electron chi connectivity index (χ4n) is 3.60. The topological polar surface area (TPSA) is 95.8 Å². The monoisotopic (exact) mass is 472 g/mol. The highest BCUT2D eigenvalue weighted by molar-refractivity contribution is 7.21. The highest BCUT2D eigenvalue weighted by atomic mass is 35.5. The number of piperazine rings is 1. The van der Waals surface area contributed by atoms with Crippen LogP contribution in [0.3, 0.4) is 0 Å². The Balaban J connectivity index is 1.36. The molecule has 1 aliphatic rings. The number of nitro benzene ring substituents is 1. The zero-order chi connectivity index (χ0) is 22.8. The molecule has 0 saturated carbocycles. The van der Waals surface area contributed by atoms with E-state index in [0.29, 0.717) is 46.2 Å². The first-order valence-electron chi connectivity index (χ1n) is 10.1. The van der Waals surface area contributed by atoms with Crippen LogP contribution >= 0.6 is 22.9 Å². The summed E-state index contributed by atoms with van der Waals surface area (Å²) in [5, 5.41) is 14.9. The summed E-state index contributed by atoms with van der Waals surface area (Å²) in [7, 11) is 0. The van der Waals surface area contributed by atoms with Gasteiger partial charge in [-0.05, 0) is 25.1 Å². The minimum atomic E-state index is -0.469. The molecule has 1 N–H and O–H groups in total. The molecule has 4 rings (SSSR count). The van der Waals surface area contributed by atoms with Gasteiger partial charge in [-0.15, -0.1) is 11.3 Å². The van der Waals surface area contributed by atoms with Gasteiger partial charge in [0.15, 0.2) is 0 Å². The van der Waals surface area contributed by atoms with Gasteiger partial charge in [0, 0.05) is 54.1 Å². The molecular weight excluding hydrogens is 452 g/mol. The van der Waals surface area contributed by atoms with Crippen LogP contribution in [0, 0.1) is 17.0 Å². The third-order valence-electron chi connectivity index (χ3n) is 5.38. The number of benzene rings is 2. The number of nitrogens with zero attached hydrogens (tertiary/aromatic N) is 3. The summed E-state index contributed by atoms with van der Waals surface area (Å²) in [6.45, 7) is 4.33. The number of thiophene rings is 1. The Kier molecular flexibility index (Phi) is 6.40. The number of carbonyl (C=O) groups is 2. The second-order valence-electron chi connectivity index (χ2n) is 7.67. The number of hydrogen-bond acceptors (Lipinski definition) is 6. The Morgan fingerprint density at radius 2 is 1.81 bits per heavy atom. The van der Waals surface area contributed by atoms with Crippen LogP contribution in [0.1, 0.15) is 15.2 Å². The molecule has 2 amide bonds. The molecule has 0 atom stereocenters. The van der Waals surface area contributed by atoms with Gasteiger partial charge in [-0.3, -0.25) is 24.6 Å². The number of nitrogens with one attached hydrogen (secondary N) is 1. The average molecular weight is 473 g/mol. The van der Waals surface area contributed by atoms with Crippen molar-refractivity contribution in [1.82, 2.24) is 9.80 Å². The van der Waals surface area contributed by atoms with Gasteiger partial charge in [0.25, 0.3) is 11.6 Å². The Morgan fingerprint density at radius 3 is 2.47 bits per heavy atom. The number of fused-ring (bicyclic) bond motifs is 1. The molecule has 1 aromatic heterocycles. The summed E-state index contributed by atoms with van der Waals surface area (Å²) in [4.78, 5) is 40.0. The predicted molar refractivity (Wildman–Crippen MR) is 126 cm³/mol. The zero-order valence-corrected chi connectivity index (χ0v) is 18.9. The molecule has 0 bridgehead atoms. The van der Waals surface area contributed by atoms with Gasteiger partial charge in [-0.25, -0.2) is 0 Å². The van der Waals surface area contributed by atoms with E-state index in [4.69, 9.17) is 11.6 Å². The normalized spacial score (nSPS) is 14.5. The van der Waals surface area contributed by atoms with Gasteiger partial charge < -0.3 is 10.2 Å². The van der Waals surface area contributed by atoms with E-state index in [2.05, 4.69) is 5.32 Å². The summed E-state index contributed by atoms with van der Waals surface area (Å²) in [5.74, 6) is -0.287. The molecular formula is C22H21ClN4O4S. The van der Waals surface area contributed by atoms with E-state index in [1.54, 1.807) is 11.0 Å². The van der Waals surface area contributed by atoms with Crippen molar-refractivity contribution in [3.63, 3.8) is 0 Å². The first-order valence-corrected chi connectivity index (χ1v) is 11.3. The highest BCUT2D eigenvalue weighted by Gasteiger charge is 2.27. The first kappa shape index (κ1) is 22.2. The number of nitro groups is 1. The van der Waals surface area contributed by atoms with Crippen LogP contribution in [-0.4, -0.2) is 59.3 Å². The molecule has 2 heterocycles. The highest BCUT2D eigenvalue weighted by Crippen LogP contribution is 2.38. The average Bonchev–Trinajstić information content (AvgIpc) is 3.11. The molecule has 1 fully saturated rings. The Hall–Kier alpha value is -3.01. The smallest absolute Gasteiger partial charge is 0.270 e. The number of anilines is 1. The van der Waals surface area contributed by atoms with Gasteiger partial charge >= 0.3 is 0 Å². The van der Waals surface area contributed by atoms with Crippen molar-refractivity contribution in [2.45, 2.75) is 6.92 Å². The van der Waals surface area contributed by atoms with Crippen molar-refractivity contribution >= 4 is 56.2 Å². The van der Waals surface area contributed by atoms with E-state index in [-0.39, 0.29) is 24.0 Å². The molecule has 2 aromatic carbocycles. The molecule has 1 saturated heterocycles. The molecule has 0 aliphatic carbocycles. The number of aryl methyl sites for hydroxylation is 1. The number of non-ortho nitro benzene ring substituents is 1.